The van der Waals surface area contributed by atoms with Gasteiger partial charge in [-0.25, -0.2) is 0 Å². The average molecular weight is 268 g/mol. The van der Waals surface area contributed by atoms with E-state index in [2.05, 4.69) is 4.90 Å². The van der Waals surface area contributed by atoms with Crippen molar-refractivity contribution < 1.29 is 14.6 Å². The number of hydrogen-bond acceptors (Lipinski definition) is 5. The minimum absolute atomic E-state index is 0.0108. The lowest BCUT2D eigenvalue weighted by Gasteiger charge is -2.22. The molecular formula is C14H24N2O3. The highest BCUT2D eigenvalue weighted by Crippen LogP contribution is 2.31. The highest BCUT2D eigenvalue weighted by atomic mass is 16.5. The molecule has 0 amide bonds. The first-order valence-electron chi connectivity index (χ1n) is 6.28. The van der Waals surface area contributed by atoms with E-state index >= 15 is 0 Å². The van der Waals surface area contributed by atoms with Gasteiger partial charge in [-0.05, 0) is 20.0 Å². The molecule has 0 spiro atoms. The molecule has 0 aliphatic carbocycles. The van der Waals surface area contributed by atoms with Gasteiger partial charge in [0.15, 0.2) is 0 Å². The number of aliphatic hydroxyl groups is 1. The van der Waals surface area contributed by atoms with Crippen LogP contribution in [0.5, 0.6) is 11.5 Å². The third-order valence-corrected chi connectivity index (χ3v) is 3.08. The van der Waals surface area contributed by atoms with Crippen LogP contribution in [0, 0.1) is 6.92 Å². The Morgan fingerprint density at radius 2 is 2.00 bits per heavy atom. The number of hydrogen-bond donors (Lipinski definition) is 2. The van der Waals surface area contributed by atoms with Crippen molar-refractivity contribution in [3.05, 3.63) is 23.3 Å². The van der Waals surface area contributed by atoms with Gasteiger partial charge in [-0.1, -0.05) is 6.07 Å². The normalized spacial score (nSPS) is 12.6. The van der Waals surface area contributed by atoms with E-state index in [1.807, 2.05) is 26.1 Å². The van der Waals surface area contributed by atoms with Gasteiger partial charge >= 0.3 is 0 Å². The van der Waals surface area contributed by atoms with Gasteiger partial charge in [0.1, 0.15) is 11.5 Å². The molecule has 0 aromatic heterocycles. The number of ether oxygens (including phenoxy) is 2. The van der Waals surface area contributed by atoms with E-state index in [0.717, 1.165) is 22.6 Å². The molecule has 19 heavy (non-hydrogen) atoms. The van der Waals surface area contributed by atoms with Crippen molar-refractivity contribution in [1.29, 1.82) is 0 Å². The average Bonchev–Trinajstić information content (AvgIpc) is 2.39. The van der Waals surface area contributed by atoms with Gasteiger partial charge < -0.3 is 25.2 Å². The Kier molecular flexibility index (Phi) is 6.08. The van der Waals surface area contributed by atoms with Crippen molar-refractivity contribution >= 4 is 0 Å². The predicted molar refractivity (Wildman–Crippen MR) is 75.7 cm³/mol. The fourth-order valence-corrected chi connectivity index (χ4v) is 2.17. The van der Waals surface area contributed by atoms with Crippen molar-refractivity contribution in [2.75, 3.05) is 34.4 Å². The zero-order chi connectivity index (χ0) is 14.4. The smallest absolute Gasteiger partial charge is 0.129 e. The van der Waals surface area contributed by atoms with E-state index in [1.54, 1.807) is 14.2 Å². The Labute approximate surface area is 114 Å². The van der Waals surface area contributed by atoms with Gasteiger partial charge in [0.2, 0.25) is 0 Å². The van der Waals surface area contributed by atoms with Crippen LogP contribution in [-0.4, -0.2) is 50.5 Å². The summed E-state index contributed by atoms with van der Waals surface area (Å²) in [6.07, 6.45) is 0. The van der Waals surface area contributed by atoms with E-state index in [1.165, 1.54) is 0 Å². The number of aliphatic hydroxyl groups excluding tert-OH is 1. The Bertz CT molecular complexity index is 410. The van der Waals surface area contributed by atoms with Crippen molar-refractivity contribution in [2.45, 2.75) is 19.5 Å². The van der Waals surface area contributed by atoms with Crippen molar-refractivity contribution in [3.8, 4) is 11.5 Å². The highest BCUT2D eigenvalue weighted by Gasteiger charge is 2.13. The first-order chi connectivity index (χ1) is 9.03. The first kappa shape index (κ1) is 15.8. The molecule has 1 rings (SSSR count). The van der Waals surface area contributed by atoms with Crippen molar-refractivity contribution in [1.82, 2.24) is 4.90 Å². The zero-order valence-electron chi connectivity index (χ0n) is 12.1. The zero-order valence-corrected chi connectivity index (χ0v) is 12.1. The van der Waals surface area contributed by atoms with E-state index in [-0.39, 0.29) is 12.6 Å². The molecule has 0 bridgehead atoms. The molecule has 3 N–H and O–H groups in total. The van der Waals surface area contributed by atoms with Gasteiger partial charge in [-0.15, -0.1) is 0 Å². The Morgan fingerprint density at radius 1 is 1.32 bits per heavy atom. The Balaban J connectivity index is 2.86. The second-order valence-corrected chi connectivity index (χ2v) is 4.72. The molecule has 5 nitrogen and oxygen atoms in total. The van der Waals surface area contributed by atoms with E-state index in [0.29, 0.717) is 13.1 Å². The Hall–Kier alpha value is -1.30. The molecule has 0 aliphatic heterocycles. The van der Waals surface area contributed by atoms with Gasteiger partial charge in [0.05, 0.1) is 20.8 Å². The largest absolute Gasteiger partial charge is 0.496 e. The summed E-state index contributed by atoms with van der Waals surface area (Å²) in [5.74, 6) is 1.65. The summed E-state index contributed by atoms with van der Waals surface area (Å²) < 4.78 is 10.7. The van der Waals surface area contributed by atoms with E-state index in [4.69, 9.17) is 20.3 Å². The molecule has 0 saturated carbocycles. The van der Waals surface area contributed by atoms with E-state index < -0.39 is 0 Å². The van der Waals surface area contributed by atoms with Gasteiger partial charge in [0, 0.05) is 30.3 Å². The quantitative estimate of drug-likeness (QED) is 0.764. The van der Waals surface area contributed by atoms with Crippen LogP contribution in [0.4, 0.5) is 0 Å². The summed E-state index contributed by atoms with van der Waals surface area (Å²) >= 11 is 0. The second kappa shape index (κ2) is 7.33. The molecule has 5 heteroatoms. The number of nitrogens with two attached hydrogens (primary N) is 1. The number of nitrogens with zero attached hydrogens (tertiary/aromatic N) is 1. The number of methoxy groups -OCH3 is 2. The lowest BCUT2D eigenvalue weighted by Crippen LogP contribution is -2.37. The van der Waals surface area contributed by atoms with Crippen LogP contribution in [0.3, 0.4) is 0 Å². The van der Waals surface area contributed by atoms with Crippen LogP contribution in [0.1, 0.15) is 11.1 Å². The third kappa shape index (κ3) is 4.09. The maximum atomic E-state index is 8.97. The topological polar surface area (TPSA) is 68.0 Å². The minimum Gasteiger partial charge on any atom is -0.496 e. The summed E-state index contributed by atoms with van der Waals surface area (Å²) in [4.78, 5) is 2.06. The van der Waals surface area contributed by atoms with Gasteiger partial charge in [0.25, 0.3) is 0 Å². The van der Waals surface area contributed by atoms with Gasteiger partial charge in [-0.2, -0.15) is 0 Å². The monoisotopic (exact) mass is 268 g/mol. The second-order valence-electron chi connectivity index (χ2n) is 4.72. The fraction of sp³-hybridized carbons (Fsp3) is 0.571. The molecule has 0 radical (unpaired) electrons. The van der Waals surface area contributed by atoms with Crippen LogP contribution >= 0.6 is 0 Å². The molecule has 0 saturated heterocycles. The molecule has 1 atom stereocenters. The number of likely N-dealkylation sites (N-methyl/N-ethyl adjacent to an activating group) is 1. The lowest BCUT2D eigenvalue weighted by molar-refractivity contribution is 0.217. The van der Waals surface area contributed by atoms with E-state index in [9.17, 15) is 0 Å². The summed E-state index contributed by atoms with van der Waals surface area (Å²) in [6.45, 7) is 3.30. The summed E-state index contributed by atoms with van der Waals surface area (Å²) in [6, 6.07) is 3.70. The molecule has 0 heterocycles. The predicted octanol–water partition coefficient (Wildman–Crippen LogP) is 0.764. The molecule has 108 valence electrons. The number of benzene rings is 1. The third-order valence-electron chi connectivity index (χ3n) is 3.08. The summed E-state index contributed by atoms with van der Waals surface area (Å²) in [7, 11) is 5.27. The van der Waals surface area contributed by atoms with Crippen LogP contribution < -0.4 is 15.2 Å². The van der Waals surface area contributed by atoms with Crippen LogP contribution in [0.15, 0.2) is 12.1 Å². The molecule has 1 unspecified atom stereocenters. The Morgan fingerprint density at radius 3 is 2.53 bits per heavy atom. The minimum atomic E-state index is -0.227. The van der Waals surface area contributed by atoms with Crippen molar-refractivity contribution in [2.24, 2.45) is 5.73 Å². The molecular weight excluding hydrogens is 244 g/mol. The summed E-state index contributed by atoms with van der Waals surface area (Å²) in [5.41, 5.74) is 7.80. The maximum Gasteiger partial charge on any atom is 0.129 e. The molecule has 0 fully saturated rings. The van der Waals surface area contributed by atoms with Crippen LogP contribution in [0.2, 0.25) is 0 Å². The van der Waals surface area contributed by atoms with Crippen molar-refractivity contribution in [3.63, 3.8) is 0 Å². The standard InChI is InChI=1S/C14H24N2O3/c1-10-13(18-3)6-5-11(14(10)19-4)7-16(2)8-12(15)9-17/h5-6,12,17H,7-9,15H2,1-4H3. The van der Waals surface area contributed by atoms with Crippen LogP contribution in [0.25, 0.3) is 0 Å². The fourth-order valence-electron chi connectivity index (χ4n) is 2.17. The van der Waals surface area contributed by atoms with Gasteiger partial charge in [-0.3, -0.25) is 0 Å². The number of rotatable bonds is 7. The highest BCUT2D eigenvalue weighted by molar-refractivity contribution is 5.49. The SMILES string of the molecule is COc1ccc(CN(C)CC(N)CO)c(OC)c1C. The lowest BCUT2D eigenvalue weighted by atomic mass is 10.1. The molecule has 1 aromatic rings. The molecule has 1 aromatic carbocycles. The van der Waals surface area contributed by atoms with Crippen LogP contribution in [-0.2, 0) is 6.54 Å². The maximum absolute atomic E-state index is 8.97. The molecule has 0 aliphatic rings. The summed E-state index contributed by atoms with van der Waals surface area (Å²) in [5, 5.41) is 8.97. The first-order valence-corrected chi connectivity index (χ1v) is 6.28.